The van der Waals surface area contributed by atoms with Crippen LogP contribution in [-0.2, 0) is 65.4 Å². The molecule has 0 aromatic carbocycles. The van der Waals surface area contributed by atoms with Gasteiger partial charge < -0.3 is 33.8 Å². The monoisotopic (exact) mass is 1480 g/mol. The maximum atomic E-state index is 13.1. The SMILES string of the molecule is CCCCCCCCCCCCCCCCCCCC(=O)OC[C@H](COP(=O)(O)OC[C@@H](O)COP(=O)(O)OC[C@@H](COC(=O)CCCCCCCCCCC(C)C)OC(=O)CCCCCCCCCCC(C)CC)OC(=O)CCCCCCCCCCCCCCCCCCCCC(C)C. The molecule has 0 saturated carbocycles. The fraction of sp³-hybridized carbons (Fsp3) is 0.951. The molecule has 6 atom stereocenters. The van der Waals surface area contributed by atoms with E-state index in [0.717, 1.165) is 108 Å². The molecule has 0 heterocycles. The van der Waals surface area contributed by atoms with Gasteiger partial charge in [0.05, 0.1) is 26.4 Å². The Labute approximate surface area is 619 Å². The van der Waals surface area contributed by atoms with Crippen molar-refractivity contribution in [2.24, 2.45) is 17.8 Å². The third-order valence-corrected chi connectivity index (χ3v) is 21.4. The number of carbonyl (C=O) groups excluding carboxylic acids is 4. The summed E-state index contributed by atoms with van der Waals surface area (Å²) in [4.78, 5) is 73.0. The summed E-state index contributed by atoms with van der Waals surface area (Å²) in [7, 11) is -9.92. The van der Waals surface area contributed by atoms with Gasteiger partial charge in [-0.1, -0.05) is 376 Å². The number of hydrogen-bond acceptors (Lipinski definition) is 15. The van der Waals surface area contributed by atoms with E-state index < -0.39 is 97.5 Å². The number of ether oxygens (including phenoxy) is 4. The van der Waals surface area contributed by atoms with E-state index in [2.05, 4.69) is 48.5 Å². The first-order chi connectivity index (χ1) is 48.8. The van der Waals surface area contributed by atoms with Crippen LogP contribution in [0.4, 0.5) is 0 Å². The predicted molar refractivity (Wildman–Crippen MR) is 414 cm³/mol. The first kappa shape index (κ1) is 99.1. The van der Waals surface area contributed by atoms with Gasteiger partial charge in [0.2, 0.25) is 0 Å². The van der Waals surface area contributed by atoms with Gasteiger partial charge in [0, 0.05) is 25.7 Å². The number of aliphatic hydroxyl groups excluding tert-OH is 1. The summed E-state index contributed by atoms with van der Waals surface area (Å²) in [5.41, 5.74) is 0. The van der Waals surface area contributed by atoms with Crippen molar-refractivity contribution in [2.45, 2.75) is 446 Å². The highest BCUT2D eigenvalue weighted by molar-refractivity contribution is 7.47. The van der Waals surface area contributed by atoms with Crippen molar-refractivity contribution in [3.05, 3.63) is 0 Å². The van der Waals surface area contributed by atoms with Crippen molar-refractivity contribution >= 4 is 39.5 Å². The summed E-state index contributed by atoms with van der Waals surface area (Å²) in [6, 6.07) is 0. The average Bonchev–Trinajstić information content (AvgIpc) is 0.935. The van der Waals surface area contributed by atoms with Crippen LogP contribution in [0.5, 0.6) is 0 Å². The maximum absolute atomic E-state index is 13.1. The van der Waals surface area contributed by atoms with Crippen LogP contribution in [0.25, 0.3) is 0 Å². The van der Waals surface area contributed by atoms with Gasteiger partial charge in [-0.15, -0.1) is 0 Å². The Morgan fingerprint density at radius 3 is 0.752 bits per heavy atom. The number of esters is 4. The predicted octanol–water partition coefficient (Wildman–Crippen LogP) is 24.5. The van der Waals surface area contributed by atoms with Crippen LogP contribution in [0.1, 0.15) is 427 Å². The Hall–Kier alpha value is -1.94. The molecule has 0 spiro atoms. The molecule has 0 saturated heterocycles. The van der Waals surface area contributed by atoms with Crippen LogP contribution in [0, 0.1) is 17.8 Å². The fourth-order valence-corrected chi connectivity index (χ4v) is 14.2. The van der Waals surface area contributed by atoms with Crippen molar-refractivity contribution in [1.82, 2.24) is 0 Å². The topological polar surface area (TPSA) is 237 Å². The van der Waals surface area contributed by atoms with Gasteiger partial charge in [-0.3, -0.25) is 37.3 Å². The van der Waals surface area contributed by atoms with Crippen molar-refractivity contribution in [3.63, 3.8) is 0 Å². The third-order valence-electron chi connectivity index (χ3n) is 19.5. The van der Waals surface area contributed by atoms with Crippen molar-refractivity contribution < 1.29 is 80.2 Å². The zero-order valence-electron chi connectivity index (χ0n) is 66.4. The van der Waals surface area contributed by atoms with Gasteiger partial charge >= 0.3 is 39.5 Å². The molecule has 3 unspecified atom stereocenters. The van der Waals surface area contributed by atoms with E-state index in [1.165, 1.54) is 238 Å². The maximum Gasteiger partial charge on any atom is 0.472 e. The summed E-state index contributed by atoms with van der Waals surface area (Å²) >= 11 is 0. The van der Waals surface area contributed by atoms with Crippen molar-refractivity contribution in [2.75, 3.05) is 39.6 Å². The molecule has 101 heavy (non-hydrogen) atoms. The Morgan fingerprint density at radius 1 is 0.287 bits per heavy atom. The number of phosphoric acid groups is 2. The summed E-state index contributed by atoms with van der Waals surface area (Å²) < 4.78 is 68.7. The van der Waals surface area contributed by atoms with Gasteiger partial charge in [-0.25, -0.2) is 9.13 Å². The highest BCUT2D eigenvalue weighted by atomic mass is 31.2. The Morgan fingerprint density at radius 2 is 0.505 bits per heavy atom. The molecule has 0 radical (unpaired) electrons. The number of carbonyl (C=O) groups is 4. The second-order valence-corrected chi connectivity index (χ2v) is 33.6. The van der Waals surface area contributed by atoms with E-state index in [0.29, 0.717) is 25.7 Å². The van der Waals surface area contributed by atoms with Gasteiger partial charge in [0.1, 0.15) is 19.3 Å². The highest BCUT2D eigenvalue weighted by Crippen LogP contribution is 2.45. The average molecular weight is 1480 g/mol. The van der Waals surface area contributed by atoms with Crippen molar-refractivity contribution in [1.29, 1.82) is 0 Å². The lowest BCUT2D eigenvalue weighted by molar-refractivity contribution is -0.161. The number of hydrogen-bond donors (Lipinski definition) is 3. The molecule has 19 heteroatoms. The molecular formula is C82H160O17P2. The molecule has 0 aliphatic carbocycles. The number of unbranched alkanes of at least 4 members (excludes halogenated alkanes) is 47. The van der Waals surface area contributed by atoms with Gasteiger partial charge in [-0.2, -0.15) is 0 Å². The Kier molecular flexibility index (Phi) is 70.9. The molecule has 0 bridgehead atoms. The van der Waals surface area contributed by atoms with Crippen LogP contribution in [-0.4, -0.2) is 96.7 Å². The van der Waals surface area contributed by atoms with Crippen LogP contribution >= 0.6 is 15.6 Å². The molecule has 0 aliphatic heterocycles. The largest absolute Gasteiger partial charge is 0.472 e. The Bertz CT molecular complexity index is 1960. The van der Waals surface area contributed by atoms with E-state index in [1.807, 2.05) is 0 Å². The van der Waals surface area contributed by atoms with Gasteiger partial charge in [0.15, 0.2) is 12.2 Å². The van der Waals surface area contributed by atoms with Crippen LogP contribution < -0.4 is 0 Å². The normalized spacial score (nSPS) is 14.2. The molecule has 3 N–H and O–H groups in total. The van der Waals surface area contributed by atoms with Crippen LogP contribution in [0.2, 0.25) is 0 Å². The third kappa shape index (κ3) is 74.7. The molecule has 17 nitrogen and oxygen atoms in total. The first-order valence-corrected chi connectivity index (χ1v) is 45.4. The fourth-order valence-electron chi connectivity index (χ4n) is 12.6. The second kappa shape index (κ2) is 72.3. The summed E-state index contributed by atoms with van der Waals surface area (Å²) in [6.45, 7) is 11.9. The minimum Gasteiger partial charge on any atom is -0.462 e. The van der Waals surface area contributed by atoms with Gasteiger partial charge in [-0.05, 0) is 43.4 Å². The highest BCUT2D eigenvalue weighted by Gasteiger charge is 2.30. The zero-order valence-corrected chi connectivity index (χ0v) is 68.2. The van der Waals surface area contributed by atoms with Gasteiger partial charge in [0.25, 0.3) is 0 Å². The molecule has 0 aromatic rings. The molecule has 0 aliphatic rings. The second-order valence-electron chi connectivity index (χ2n) is 30.7. The standard InChI is InChI=1S/C82H160O17P2/c1-8-10-11-12-13-14-15-16-17-20-24-27-30-33-42-49-56-63-79(84)92-69-77(98-81(86)65-58-51-44-34-31-28-25-22-19-18-21-23-26-29-32-39-46-53-60-73(3)4)71-96-100(88,89)94-67-76(83)68-95-101(90,91)97-72-78(70-93-80(85)64-57-50-43-37-35-40-47-54-61-74(5)6)99-82(87)66-59-52-45-38-36-41-48-55-62-75(7)9-2/h73-78,83H,8-72H2,1-7H3,(H,88,89)(H,90,91)/t75?,76-,77-,78-/m1/s1. The van der Waals surface area contributed by atoms with E-state index in [9.17, 15) is 43.2 Å². The lowest BCUT2D eigenvalue weighted by Crippen LogP contribution is -2.30. The first-order valence-electron chi connectivity index (χ1n) is 42.4. The van der Waals surface area contributed by atoms with E-state index in [1.54, 1.807) is 0 Å². The zero-order chi connectivity index (χ0) is 74.4. The number of rotatable bonds is 80. The number of aliphatic hydroxyl groups is 1. The smallest absolute Gasteiger partial charge is 0.462 e. The molecule has 600 valence electrons. The van der Waals surface area contributed by atoms with Crippen LogP contribution in [0.3, 0.4) is 0 Å². The summed E-state index contributed by atoms with van der Waals surface area (Å²) in [5, 5.41) is 10.6. The lowest BCUT2D eigenvalue weighted by atomic mass is 9.99. The molecular weight excluding hydrogens is 1320 g/mol. The minimum absolute atomic E-state index is 0.105. The number of phosphoric ester groups is 2. The molecule has 0 amide bonds. The van der Waals surface area contributed by atoms with E-state index in [-0.39, 0.29) is 25.7 Å². The van der Waals surface area contributed by atoms with Crippen molar-refractivity contribution in [3.8, 4) is 0 Å². The lowest BCUT2D eigenvalue weighted by Gasteiger charge is -2.21. The van der Waals surface area contributed by atoms with Crippen LogP contribution in [0.15, 0.2) is 0 Å². The van der Waals surface area contributed by atoms with E-state index >= 15 is 0 Å². The Balaban J connectivity index is 5.23. The minimum atomic E-state index is -4.96. The summed E-state index contributed by atoms with van der Waals surface area (Å²) in [6.07, 6.45) is 61.1. The molecule has 0 aromatic heterocycles. The molecule has 0 fully saturated rings. The molecule has 0 rings (SSSR count). The quantitative estimate of drug-likeness (QED) is 0.0222. The summed E-state index contributed by atoms with van der Waals surface area (Å²) in [5.74, 6) is 0.204. The van der Waals surface area contributed by atoms with E-state index in [4.69, 9.17) is 37.0 Å².